The predicted octanol–water partition coefficient (Wildman–Crippen LogP) is 4.63. The highest BCUT2D eigenvalue weighted by Gasteiger charge is 2.20. The maximum Gasteiger partial charge on any atom is 0.309 e. The van der Waals surface area contributed by atoms with Gasteiger partial charge in [0.1, 0.15) is 0 Å². The quantitative estimate of drug-likeness (QED) is 0.767. The Labute approximate surface area is 124 Å². The summed E-state index contributed by atoms with van der Waals surface area (Å²) in [5.41, 5.74) is 1.86. The number of halogens is 1. The molecule has 20 heavy (non-hydrogen) atoms. The van der Waals surface area contributed by atoms with Gasteiger partial charge in [0.25, 0.3) is 0 Å². The molecule has 0 aliphatic carbocycles. The molecule has 2 nitrogen and oxygen atoms in total. The van der Waals surface area contributed by atoms with E-state index in [0.717, 1.165) is 11.1 Å². The number of ether oxygens (including phenoxy) is 1. The Bertz CT molecular complexity index is 561. The fourth-order valence-corrected chi connectivity index (χ4v) is 1.97. The van der Waals surface area contributed by atoms with Gasteiger partial charge in [-0.3, -0.25) is 4.79 Å². The number of rotatable bonds is 4. The van der Waals surface area contributed by atoms with Crippen LogP contribution in [0.1, 0.15) is 31.1 Å². The van der Waals surface area contributed by atoms with Gasteiger partial charge in [0.2, 0.25) is 0 Å². The lowest BCUT2D eigenvalue weighted by molar-refractivity contribution is -0.151. The van der Waals surface area contributed by atoms with E-state index in [1.807, 2.05) is 56.3 Å². The van der Waals surface area contributed by atoms with Crippen molar-refractivity contribution in [2.24, 2.45) is 5.92 Å². The molecule has 2 rings (SSSR count). The molecule has 0 aliphatic rings. The molecule has 0 aliphatic heterocycles. The summed E-state index contributed by atoms with van der Waals surface area (Å²) in [5.74, 6) is -0.373. The first-order valence-electron chi connectivity index (χ1n) is 6.59. The smallest absolute Gasteiger partial charge is 0.309 e. The Hall–Kier alpha value is -1.80. The average Bonchev–Trinajstić information content (AvgIpc) is 2.46. The summed E-state index contributed by atoms with van der Waals surface area (Å²) in [4.78, 5) is 11.9. The van der Waals surface area contributed by atoms with E-state index in [2.05, 4.69) is 0 Å². The standard InChI is InChI=1S/C17H17ClO2/c1-12(2)17(19)20-16(13-6-4-3-5-7-13)14-8-10-15(18)11-9-14/h3-12,16H,1-2H3/t16-/m1/s1. The first kappa shape index (κ1) is 14.6. The van der Waals surface area contributed by atoms with Crippen LogP contribution in [0.25, 0.3) is 0 Å². The Balaban J connectivity index is 2.34. The van der Waals surface area contributed by atoms with Crippen LogP contribution in [0.4, 0.5) is 0 Å². The van der Waals surface area contributed by atoms with Crippen LogP contribution in [0, 0.1) is 5.92 Å². The second kappa shape index (κ2) is 6.58. The Morgan fingerprint density at radius 1 is 0.950 bits per heavy atom. The lowest BCUT2D eigenvalue weighted by Crippen LogP contribution is -2.17. The van der Waals surface area contributed by atoms with E-state index < -0.39 is 6.10 Å². The fourth-order valence-electron chi connectivity index (χ4n) is 1.85. The minimum Gasteiger partial charge on any atom is -0.452 e. The van der Waals surface area contributed by atoms with E-state index in [9.17, 15) is 4.79 Å². The molecule has 0 N–H and O–H groups in total. The van der Waals surface area contributed by atoms with Crippen LogP contribution in [-0.4, -0.2) is 5.97 Å². The summed E-state index contributed by atoms with van der Waals surface area (Å²) in [5, 5.41) is 0.663. The van der Waals surface area contributed by atoms with Crippen LogP contribution in [0.15, 0.2) is 54.6 Å². The second-order valence-corrected chi connectivity index (χ2v) is 5.37. The molecule has 0 aromatic heterocycles. The molecule has 0 spiro atoms. The Morgan fingerprint density at radius 3 is 2.05 bits per heavy atom. The minimum atomic E-state index is -0.400. The zero-order valence-corrected chi connectivity index (χ0v) is 12.3. The number of carbonyl (C=O) groups excluding carboxylic acids is 1. The highest BCUT2D eigenvalue weighted by molar-refractivity contribution is 6.30. The van der Waals surface area contributed by atoms with E-state index in [1.54, 1.807) is 12.1 Å². The number of benzene rings is 2. The van der Waals surface area contributed by atoms with Crippen molar-refractivity contribution < 1.29 is 9.53 Å². The zero-order chi connectivity index (χ0) is 14.5. The van der Waals surface area contributed by atoms with Crippen LogP contribution in [0.5, 0.6) is 0 Å². The van der Waals surface area contributed by atoms with Gasteiger partial charge in [0.15, 0.2) is 6.10 Å². The van der Waals surface area contributed by atoms with E-state index in [4.69, 9.17) is 16.3 Å². The summed E-state index contributed by atoms with van der Waals surface area (Å²) in [7, 11) is 0. The van der Waals surface area contributed by atoms with E-state index in [1.165, 1.54) is 0 Å². The van der Waals surface area contributed by atoms with E-state index >= 15 is 0 Å². The number of hydrogen-bond donors (Lipinski definition) is 0. The molecule has 0 amide bonds. The Morgan fingerprint density at radius 2 is 1.50 bits per heavy atom. The topological polar surface area (TPSA) is 26.3 Å². The Kier molecular flexibility index (Phi) is 4.80. The van der Waals surface area contributed by atoms with Crippen molar-refractivity contribution in [3.63, 3.8) is 0 Å². The molecule has 0 saturated heterocycles. The average molecular weight is 289 g/mol. The lowest BCUT2D eigenvalue weighted by atomic mass is 10.0. The molecule has 0 unspecified atom stereocenters. The third-order valence-corrected chi connectivity index (χ3v) is 3.23. The maximum absolute atomic E-state index is 11.9. The summed E-state index contributed by atoms with van der Waals surface area (Å²) < 4.78 is 5.64. The van der Waals surface area contributed by atoms with Gasteiger partial charge < -0.3 is 4.74 Å². The number of carbonyl (C=O) groups is 1. The second-order valence-electron chi connectivity index (χ2n) is 4.93. The predicted molar refractivity (Wildman–Crippen MR) is 80.7 cm³/mol. The molecule has 0 fully saturated rings. The van der Waals surface area contributed by atoms with Gasteiger partial charge in [-0.2, -0.15) is 0 Å². The monoisotopic (exact) mass is 288 g/mol. The molecular weight excluding hydrogens is 272 g/mol. The van der Waals surface area contributed by atoms with Gasteiger partial charge in [0, 0.05) is 5.02 Å². The van der Waals surface area contributed by atoms with Crippen LogP contribution in [0.3, 0.4) is 0 Å². The molecule has 0 bridgehead atoms. The molecule has 3 heteroatoms. The number of hydrogen-bond acceptors (Lipinski definition) is 2. The molecule has 2 aromatic carbocycles. The molecular formula is C17H17ClO2. The van der Waals surface area contributed by atoms with Crippen molar-refractivity contribution in [3.05, 3.63) is 70.7 Å². The first-order chi connectivity index (χ1) is 9.58. The highest BCUT2D eigenvalue weighted by atomic mass is 35.5. The highest BCUT2D eigenvalue weighted by Crippen LogP contribution is 2.28. The van der Waals surface area contributed by atoms with Gasteiger partial charge >= 0.3 is 5.97 Å². The molecule has 2 aromatic rings. The van der Waals surface area contributed by atoms with Crippen LogP contribution in [-0.2, 0) is 9.53 Å². The molecule has 104 valence electrons. The van der Waals surface area contributed by atoms with Crippen LogP contribution < -0.4 is 0 Å². The summed E-state index contributed by atoms with van der Waals surface area (Å²) in [6.45, 7) is 3.65. The van der Waals surface area contributed by atoms with Crippen molar-refractivity contribution >= 4 is 17.6 Å². The third kappa shape index (κ3) is 3.61. The summed E-state index contributed by atoms with van der Waals surface area (Å²) in [6.07, 6.45) is -0.400. The van der Waals surface area contributed by atoms with Gasteiger partial charge in [0.05, 0.1) is 5.92 Å². The summed E-state index contributed by atoms with van der Waals surface area (Å²) >= 11 is 5.91. The van der Waals surface area contributed by atoms with Crippen LogP contribution in [0.2, 0.25) is 5.02 Å². The maximum atomic E-state index is 11.9. The first-order valence-corrected chi connectivity index (χ1v) is 6.96. The van der Waals surface area contributed by atoms with Gasteiger partial charge in [-0.25, -0.2) is 0 Å². The summed E-state index contributed by atoms with van der Waals surface area (Å²) in [6, 6.07) is 17.1. The normalized spacial score (nSPS) is 12.2. The minimum absolute atomic E-state index is 0.159. The van der Waals surface area contributed by atoms with Crippen molar-refractivity contribution in [1.82, 2.24) is 0 Å². The van der Waals surface area contributed by atoms with E-state index in [-0.39, 0.29) is 11.9 Å². The molecule has 1 atom stereocenters. The molecule has 0 heterocycles. The van der Waals surface area contributed by atoms with Gasteiger partial charge in [-0.1, -0.05) is 67.9 Å². The molecule has 0 radical (unpaired) electrons. The fraction of sp³-hybridized carbons (Fsp3) is 0.235. The van der Waals surface area contributed by atoms with Gasteiger partial charge in [-0.05, 0) is 23.3 Å². The van der Waals surface area contributed by atoms with Crippen molar-refractivity contribution in [2.45, 2.75) is 20.0 Å². The third-order valence-electron chi connectivity index (χ3n) is 2.98. The van der Waals surface area contributed by atoms with Crippen LogP contribution >= 0.6 is 11.6 Å². The number of esters is 1. The van der Waals surface area contributed by atoms with Crippen molar-refractivity contribution in [1.29, 1.82) is 0 Å². The zero-order valence-electron chi connectivity index (χ0n) is 11.5. The van der Waals surface area contributed by atoms with Crippen molar-refractivity contribution in [3.8, 4) is 0 Å². The lowest BCUT2D eigenvalue weighted by Gasteiger charge is -2.20. The molecule has 0 saturated carbocycles. The van der Waals surface area contributed by atoms with Crippen molar-refractivity contribution in [2.75, 3.05) is 0 Å². The largest absolute Gasteiger partial charge is 0.452 e. The van der Waals surface area contributed by atoms with Gasteiger partial charge in [-0.15, -0.1) is 0 Å². The van der Waals surface area contributed by atoms with E-state index in [0.29, 0.717) is 5.02 Å². The SMILES string of the molecule is CC(C)C(=O)O[C@H](c1ccccc1)c1ccc(Cl)cc1.